The summed E-state index contributed by atoms with van der Waals surface area (Å²) in [5.74, 6) is -0.233. The Morgan fingerprint density at radius 2 is 1.75 bits per heavy atom. The molecular weight excluding hydrogens is 494 g/mol. The van der Waals surface area contributed by atoms with Gasteiger partial charge in [0.25, 0.3) is 5.56 Å². The number of halogens is 1. The summed E-state index contributed by atoms with van der Waals surface area (Å²) in [6.07, 6.45) is 2.35. The molecule has 0 aliphatic heterocycles. The molecule has 2 aromatic heterocycles. The van der Waals surface area contributed by atoms with Crippen molar-refractivity contribution in [3.05, 3.63) is 87.4 Å². The normalized spacial score (nSPS) is 11.8. The molecule has 0 spiro atoms. The van der Waals surface area contributed by atoms with Gasteiger partial charge in [-0.1, -0.05) is 48.0 Å². The number of hydrogen-bond acceptors (Lipinski definition) is 6. The zero-order valence-electron chi connectivity index (χ0n) is 21.0. The van der Waals surface area contributed by atoms with Crippen LogP contribution in [0.4, 0.5) is 0 Å². The molecule has 0 N–H and O–H groups in total. The molecule has 2 heterocycles. The third kappa shape index (κ3) is 6.81. The van der Waals surface area contributed by atoms with Crippen LogP contribution < -0.4 is 5.56 Å². The van der Waals surface area contributed by atoms with Crippen LogP contribution in [0.5, 0.6) is 0 Å². The number of hydrogen-bond donors (Lipinski definition) is 0. The van der Waals surface area contributed by atoms with E-state index in [1.54, 1.807) is 10.9 Å². The molecule has 0 aliphatic carbocycles. The second-order valence-corrected chi connectivity index (χ2v) is 11.4. The third-order valence-corrected chi connectivity index (χ3v) is 6.98. The highest BCUT2D eigenvalue weighted by molar-refractivity contribution is 7.22. The Labute approximate surface area is 220 Å². The minimum absolute atomic E-state index is 0.0226. The maximum Gasteiger partial charge on any atom is 0.320 e. The first-order valence-corrected chi connectivity index (χ1v) is 13.0. The third-order valence-electron chi connectivity index (χ3n) is 5.57. The van der Waals surface area contributed by atoms with Crippen molar-refractivity contribution < 1.29 is 9.53 Å². The summed E-state index contributed by atoms with van der Waals surface area (Å²) < 4.78 is 7.72. The van der Waals surface area contributed by atoms with E-state index in [1.165, 1.54) is 11.3 Å². The zero-order valence-corrected chi connectivity index (χ0v) is 22.5. The Kier molecular flexibility index (Phi) is 7.93. The van der Waals surface area contributed by atoms with E-state index in [2.05, 4.69) is 29.2 Å². The highest BCUT2D eigenvalue weighted by Gasteiger charge is 2.17. The first kappa shape index (κ1) is 26.1. The molecular formula is C28H30ClN3O3S. The van der Waals surface area contributed by atoms with Crippen LogP contribution in [-0.2, 0) is 29.0 Å². The molecule has 4 aromatic rings. The van der Waals surface area contributed by atoms with Gasteiger partial charge in [-0.05, 0) is 69.1 Å². The van der Waals surface area contributed by atoms with Gasteiger partial charge in [0.05, 0.1) is 18.4 Å². The Hall–Kier alpha value is -3.00. The van der Waals surface area contributed by atoms with E-state index in [4.69, 9.17) is 16.3 Å². The molecule has 0 fully saturated rings. The number of likely N-dealkylation sites (N-methyl/N-ethyl adjacent to an activating group) is 1. The van der Waals surface area contributed by atoms with E-state index in [1.807, 2.05) is 63.1 Å². The van der Waals surface area contributed by atoms with Gasteiger partial charge in [0.15, 0.2) is 0 Å². The van der Waals surface area contributed by atoms with Crippen molar-refractivity contribution in [3.8, 4) is 10.4 Å². The minimum atomic E-state index is -0.482. The fourth-order valence-corrected chi connectivity index (χ4v) is 5.07. The van der Waals surface area contributed by atoms with Crippen LogP contribution in [0.3, 0.4) is 0 Å². The fourth-order valence-electron chi connectivity index (χ4n) is 3.88. The maximum absolute atomic E-state index is 13.1. The lowest BCUT2D eigenvalue weighted by atomic mass is 10.1. The monoisotopic (exact) mass is 523 g/mol. The highest BCUT2D eigenvalue weighted by Crippen LogP contribution is 2.31. The summed E-state index contributed by atoms with van der Waals surface area (Å²) >= 11 is 7.45. The van der Waals surface area contributed by atoms with Gasteiger partial charge in [0, 0.05) is 23.0 Å². The van der Waals surface area contributed by atoms with Gasteiger partial charge in [0.2, 0.25) is 0 Å². The number of benzene rings is 2. The number of thiophene rings is 1. The van der Waals surface area contributed by atoms with Crippen molar-refractivity contribution in [2.24, 2.45) is 0 Å². The van der Waals surface area contributed by atoms with Crippen LogP contribution in [0.1, 0.15) is 31.9 Å². The van der Waals surface area contributed by atoms with E-state index in [0.717, 1.165) is 28.0 Å². The Bertz CT molecular complexity index is 1400. The van der Waals surface area contributed by atoms with Gasteiger partial charge < -0.3 is 4.74 Å². The van der Waals surface area contributed by atoms with Gasteiger partial charge in [0.1, 0.15) is 10.3 Å². The van der Waals surface area contributed by atoms with Gasteiger partial charge in [-0.25, -0.2) is 4.98 Å². The van der Waals surface area contributed by atoms with E-state index in [0.29, 0.717) is 28.3 Å². The van der Waals surface area contributed by atoms with Gasteiger partial charge in [-0.3, -0.25) is 19.1 Å². The quantitative estimate of drug-likeness (QED) is 0.273. The predicted octanol–water partition coefficient (Wildman–Crippen LogP) is 5.79. The van der Waals surface area contributed by atoms with Crippen molar-refractivity contribution in [1.82, 2.24) is 14.5 Å². The van der Waals surface area contributed by atoms with Gasteiger partial charge in [-0.2, -0.15) is 0 Å². The first-order chi connectivity index (χ1) is 17.1. The molecule has 0 aliphatic rings. The summed E-state index contributed by atoms with van der Waals surface area (Å²) in [5.41, 5.74) is 3.47. The number of esters is 1. The molecule has 0 amide bonds. The fraction of sp³-hybridized carbons (Fsp3) is 0.321. The molecule has 188 valence electrons. The summed E-state index contributed by atoms with van der Waals surface area (Å²) in [6.45, 7) is 7.03. The van der Waals surface area contributed by atoms with Crippen molar-refractivity contribution >= 4 is 39.1 Å². The number of fused-ring (bicyclic) bond motifs is 1. The Morgan fingerprint density at radius 1 is 1.08 bits per heavy atom. The standard InChI is InChI=1S/C28H30ClN3O3S/c1-28(2,3)35-25(33)17-31(4)16-20-7-5-19(6-8-20)13-14-32-18-30-23-15-24(36-26(23)27(32)34)21-9-11-22(29)12-10-21/h5-12,15,18H,13-14,16-17H2,1-4H3. The molecule has 0 unspecified atom stereocenters. The van der Waals surface area contributed by atoms with E-state index in [9.17, 15) is 9.59 Å². The van der Waals surface area contributed by atoms with Gasteiger partial charge in [-0.15, -0.1) is 11.3 Å². The molecule has 0 saturated heterocycles. The van der Waals surface area contributed by atoms with E-state index in [-0.39, 0.29) is 18.1 Å². The summed E-state index contributed by atoms with van der Waals surface area (Å²) in [6, 6.07) is 17.8. The number of aryl methyl sites for hydroxylation is 2. The second kappa shape index (κ2) is 10.9. The minimum Gasteiger partial charge on any atom is -0.459 e. The maximum atomic E-state index is 13.1. The predicted molar refractivity (Wildman–Crippen MR) is 147 cm³/mol. The molecule has 2 aromatic carbocycles. The van der Waals surface area contributed by atoms with E-state index >= 15 is 0 Å². The second-order valence-electron chi connectivity index (χ2n) is 9.90. The lowest BCUT2D eigenvalue weighted by molar-refractivity contribution is -0.155. The SMILES string of the molecule is CN(CC(=O)OC(C)(C)C)Cc1ccc(CCn2cnc3cc(-c4ccc(Cl)cc4)sc3c2=O)cc1. The Morgan fingerprint density at radius 3 is 2.42 bits per heavy atom. The number of carbonyl (C=O) groups excluding carboxylic acids is 1. The summed E-state index contributed by atoms with van der Waals surface area (Å²) in [5, 5.41) is 0.682. The number of rotatable bonds is 8. The molecule has 4 rings (SSSR count). The van der Waals surface area contributed by atoms with Crippen molar-refractivity contribution in [2.45, 2.75) is 45.9 Å². The lowest BCUT2D eigenvalue weighted by Gasteiger charge is -2.22. The number of carbonyl (C=O) groups is 1. The summed E-state index contributed by atoms with van der Waals surface area (Å²) in [4.78, 5) is 32.5. The average molecular weight is 524 g/mol. The Balaban J connectivity index is 1.37. The lowest BCUT2D eigenvalue weighted by Crippen LogP contribution is -2.32. The van der Waals surface area contributed by atoms with Crippen LogP contribution >= 0.6 is 22.9 Å². The average Bonchev–Trinajstić information content (AvgIpc) is 3.24. The molecule has 8 heteroatoms. The topological polar surface area (TPSA) is 64.4 Å². The van der Waals surface area contributed by atoms with Crippen molar-refractivity contribution in [3.63, 3.8) is 0 Å². The van der Waals surface area contributed by atoms with Gasteiger partial charge >= 0.3 is 5.97 Å². The molecule has 6 nitrogen and oxygen atoms in total. The van der Waals surface area contributed by atoms with Crippen LogP contribution in [0.25, 0.3) is 20.7 Å². The molecule has 0 saturated carbocycles. The van der Waals surface area contributed by atoms with Crippen LogP contribution in [0.15, 0.2) is 65.7 Å². The molecule has 0 atom stereocenters. The number of nitrogens with zero attached hydrogens (tertiary/aromatic N) is 3. The number of aromatic nitrogens is 2. The van der Waals surface area contributed by atoms with Crippen molar-refractivity contribution in [2.75, 3.05) is 13.6 Å². The smallest absolute Gasteiger partial charge is 0.320 e. The molecule has 0 radical (unpaired) electrons. The van der Waals surface area contributed by atoms with Crippen molar-refractivity contribution in [1.29, 1.82) is 0 Å². The van der Waals surface area contributed by atoms with Crippen LogP contribution in [0, 0.1) is 0 Å². The van der Waals surface area contributed by atoms with Crippen LogP contribution in [0.2, 0.25) is 5.02 Å². The zero-order chi connectivity index (χ0) is 25.9. The molecule has 36 heavy (non-hydrogen) atoms. The van der Waals surface area contributed by atoms with Crippen LogP contribution in [-0.4, -0.2) is 39.6 Å². The largest absolute Gasteiger partial charge is 0.459 e. The summed E-state index contributed by atoms with van der Waals surface area (Å²) in [7, 11) is 1.90. The highest BCUT2D eigenvalue weighted by atomic mass is 35.5. The van der Waals surface area contributed by atoms with E-state index < -0.39 is 5.60 Å². The first-order valence-electron chi connectivity index (χ1n) is 11.8. The number of ether oxygens (including phenoxy) is 1. The molecule has 0 bridgehead atoms.